The molecule has 1 amide bonds. The van der Waals surface area contributed by atoms with Gasteiger partial charge in [0.2, 0.25) is 5.91 Å². The minimum Gasteiger partial charge on any atom is -0.387 e. The molecule has 0 aliphatic carbocycles. The Hall–Kier alpha value is -2.84. The van der Waals surface area contributed by atoms with E-state index in [1.54, 1.807) is 6.08 Å². The number of aliphatic hydroxyl groups is 1. The van der Waals surface area contributed by atoms with Gasteiger partial charge in [0.25, 0.3) is 0 Å². The van der Waals surface area contributed by atoms with Crippen molar-refractivity contribution in [2.45, 2.75) is 244 Å². The van der Waals surface area contributed by atoms with E-state index in [4.69, 9.17) is 9.05 Å². The molecule has 0 saturated carbocycles. The van der Waals surface area contributed by atoms with Gasteiger partial charge >= 0.3 is 7.82 Å². The van der Waals surface area contributed by atoms with E-state index >= 15 is 0 Å². The van der Waals surface area contributed by atoms with Crippen molar-refractivity contribution in [3.63, 3.8) is 0 Å². The van der Waals surface area contributed by atoms with E-state index in [1.165, 1.54) is 128 Å². The van der Waals surface area contributed by atoms with E-state index < -0.39 is 20.0 Å². The van der Waals surface area contributed by atoms with E-state index in [0.29, 0.717) is 17.4 Å². The SMILES string of the molecule is CC/C=C\C/C=C\C/C=C\C/C=C\C/C=C\C/C=C\C/C=C\CCCCCCCCCCCCCC(=O)NC(COP(=O)(O)OCC[N+](C)(C)C)C(O)/C=C/CC/C=C/CCCCCCCCCCCCC. The van der Waals surface area contributed by atoms with Crippen LogP contribution < -0.4 is 5.32 Å². The summed E-state index contributed by atoms with van der Waals surface area (Å²) < 4.78 is 23.7. The zero-order valence-corrected chi connectivity index (χ0v) is 48.0. The molecule has 72 heavy (non-hydrogen) atoms. The van der Waals surface area contributed by atoms with E-state index in [1.807, 2.05) is 27.2 Å². The summed E-state index contributed by atoms with van der Waals surface area (Å²) in [6, 6.07) is -0.872. The Balaban J connectivity index is 4.20. The molecule has 0 spiro atoms. The minimum atomic E-state index is -4.36. The summed E-state index contributed by atoms with van der Waals surface area (Å²) in [4.78, 5) is 23.3. The molecule has 3 atom stereocenters. The van der Waals surface area contributed by atoms with Crippen molar-refractivity contribution >= 4 is 13.7 Å². The number of carbonyl (C=O) groups is 1. The summed E-state index contributed by atoms with van der Waals surface area (Å²) in [6.45, 7) is 4.67. The molecule has 0 radical (unpaired) electrons. The van der Waals surface area contributed by atoms with Crippen molar-refractivity contribution in [1.82, 2.24) is 5.32 Å². The van der Waals surface area contributed by atoms with Crippen LogP contribution >= 0.6 is 7.82 Å². The van der Waals surface area contributed by atoms with Crippen molar-refractivity contribution in [3.8, 4) is 0 Å². The van der Waals surface area contributed by atoms with E-state index in [0.717, 1.165) is 83.5 Å². The first kappa shape index (κ1) is 69.2. The van der Waals surface area contributed by atoms with Gasteiger partial charge in [0, 0.05) is 6.42 Å². The van der Waals surface area contributed by atoms with E-state index in [-0.39, 0.29) is 19.1 Å². The third kappa shape index (κ3) is 54.9. The standard InChI is InChI=1S/C63H111N2O6P/c1-6-8-10-12-14-16-18-20-22-24-25-26-27-28-29-30-31-32-33-34-35-36-37-38-39-41-43-45-47-49-51-53-55-57-63(67)64-61(60-71-72(68,69)70-59-58-65(3,4)5)62(66)56-54-52-50-48-46-44-42-40-23-21-19-17-15-13-11-9-7-2/h8,10,14,16,20,22,25-26,28-29,31-32,34-35,46,48,54,56,61-62,66H,6-7,9,11-13,15,17-19,21,23-24,27,30,33,36-45,47,49-53,55,57-60H2,1-5H3,(H-,64,67,68,69)/p+1/b10-8-,16-14-,22-20-,26-25-,29-28-,32-31-,35-34-,48-46+,56-54+. The molecule has 0 aromatic carbocycles. The van der Waals surface area contributed by atoms with Gasteiger partial charge in [-0.25, -0.2) is 4.57 Å². The van der Waals surface area contributed by atoms with Gasteiger partial charge < -0.3 is 19.8 Å². The summed E-state index contributed by atoms with van der Waals surface area (Å²) in [5, 5.41) is 13.9. The molecule has 0 aliphatic heterocycles. The lowest BCUT2D eigenvalue weighted by atomic mass is 10.0. The average Bonchev–Trinajstić information content (AvgIpc) is 3.34. The summed E-state index contributed by atoms with van der Waals surface area (Å²) in [5.74, 6) is -0.194. The van der Waals surface area contributed by atoms with E-state index in [2.05, 4.69) is 116 Å². The van der Waals surface area contributed by atoms with Crippen molar-refractivity contribution in [2.24, 2.45) is 0 Å². The lowest BCUT2D eigenvalue weighted by Gasteiger charge is -2.25. The van der Waals surface area contributed by atoms with Crippen LogP contribution in [-0.4, -0.2) is 73.4 Å². The molecule has 0 aliphatic rings. The van der Waals surface area contributed by atoms with Gasteiger partial charge in [0.1, 0.15) is 13.2 Å². The molecule has 8 nitrogen and oxygen atoms in total. The van der Waals surface area contributed by atoms with Crippen LogP contribution in [0.15, 0.2) is 109 Å². The second-order valence-electron chi connectivity index (χ2n) is 20.6. The van der Waals surface area contributed by atoms with Gasteiger partial charge in [-0.15, -0.1) is 0 Å². The first-order valence-corrected chi connectivity index (χ1v) is 30.8. The van der Waals surface area contributed by atoms with Gasteiger partial charge in [-0.1, -0.05) is 245 Å². The molecular formula is C63H112N2O6P+. The zero-order valence-electron chi connectivity index (χ0n) is 47.1. The number of amides is 1. The largest absolute Gasteiger partial charge is 0.472 e. The molecule has 0 rings (SSSR count). The average molecular weight is 1020 g/mol. The molecule has 0 saturated heterocycles. The Morgan fingerprint density at radius 3 is 1.28 bits per heavy atom. The van der Waals surface area contributed by atoms with Crippen LogP contribution in [0.1, 0.15) is 232 Å². The number of phosphoric acid groups is 1. The molecule has 0 aromatic heterocycles. The Bertz CT molecular complexity index is 1540. The maximum Gasteiger partial charge on any atom is 0.472 e. The monoisotopic (exact) mass is 1020 g/mol. The lowest BCUT2D eigenvalue weighted by molar-refractivity contribution is -0.870. The van der Waals surface area contributed by atoms with Crippen LogP contribution in [0.2, 0.25) is 0 Å². The quantitative estimate of drug-likeness (QED) is 0.0243. The molecule has 9 heteroatoms. The Labute approximate surface area is 444 Å². The molecule has 0 heterocycles. The molecule has 0 bridgehead atoms. The summed E-state index contributed by atoms with van der Waals surface area (Å²) in [6.07, 6.45) is 77.6. The zero-order chi connectivity index (χ0) is 52.7. The maximum absolute atomic E-state index is 13.0. The number of unbranched alkanes of at least 4 members (excludes halogenated alkanes) is 23. The predicted molar refractivity (Wildman–Crippen MR) is 313 cm³/mol. The number of hydrogen-bond donors (Lipinski definition) is 3. The molecule has 0 aromatic rings. The highest BCUT2D eigenvalue weighted by atomic mass is 31.2. The maximum atomic E-state index is 13.0. The number of carbonyl (C=O) groups excluding carboxylic acids is 1. The Kier molecular flexibility index (Phi) is 50.9. The second kappa shape index (κ2) is 53.0. The van der Waals surface area contributed by atoms with Crippen molar-refractivity contribution in [1.29, 1.82) is 0 Å². The number of hydrogen-bond acceptors (Lipinski definition) is 5. The molecule has 414 valence electrons. The molecule has 3 unspecified atom stereocenters. The molecule has 0 fully saturated rings. The third-order valence-corrected chi connectivity index (χ3v) is 13.5. The minimum absolute atomic E-state index is 0.0509. The van der Waals surface area contributed by atoms with Crippen LogP contribution in [0.4, 0.5) is 0 Å². The number of phosphoric ester groups is 1. The van der Waals surface area contributed by atoms with Gasteiger partial charge in [-0.2, -0.15) is 0 Å². The Morgan fingerprint density at radius 2 is 0.847 bits per heavy atom. The number of aliphatic hydroxyl groups excluding tert-OH is 1. The van der Waals surface area contributed by atoms with Gasteiger partial charge in [0.05, 0.1) is 39.9 Å². The van der Waals surface area contributed by atoms with Crippen molar-refractivity contribution in [2.75, 3.05) is 40.9 Å². The van der Waals surface area contributed by atoms with Crippen LogP contribution in [0.25, 0.3) is 0 Å². The van der Waals surface area contributed by atoms with Gasteiger partial charge in [-0.3, -0.25) is 13.8 Å². The van der Waals surface area contributed by atoms with Crippen LogP contribution in [0.3, 0.4) is 0 Å². The molecular weight excluding hydrogens is 912 g/mol. The molecule has 3 N–H and O–H groups in total. The summed E-state index contributed by atoms with van der Waals surface area (Å²) in [5.41, 5.74) is 0. The first-order valence-electron chi connectivity index (χ1n) is 29.3. The predicted octanol–water partition coefficient (Wildman–Crippen LogP) is 18.0. The number of quaternary nitrogens is 1. The van der Waals surface area contributed by atoms with Crippen LogP contribution in [0, 0.1) is 0 Å². The smallest absolute Gasteiger partial charge is 0.387 e. The van der Waals surface area contributed by atoms with Gasteiger partial charge in [0.15, 0.2) is 0 Å². The highest BCUT2D eigenvalue weighted by molar-refractivity contribution is 7.47. The highest BCUT2D eigenvalue weighted by Crippen LogP contribution is 2.43. The summed E-state index contributed by atoms with van der Waals surface area (Å²) in [7, 11) is 1.54. The fourth-order valence-electron chi connectivity index (χ4n) is 7.92. The number of allylic oxidation sites excluding steroid dienone is 17. The normalized spacial score (nSPS) is 14.7. The van der Waals surface area contributed by atoms with Gasteiger partial charge in [-0.05, 0) is 89.9 Å². The number of nitrogens with one attached hydrogen (secondary N) is 1. The summed E-state index contributed by atoms with van der Waals surface area (Å²) >= 11 is 0. The highest BCUT2D eigenvalue weighted by Gasteiger charge is 2.27. The van der Waals surface area contributed by atoms with E-state index in [9.17, 15) is 19.4 Å². The number of nitrogens with zero attached hydrogens (tertiary/aromatic N) is 1. The Morgan fingerprint density at radius 1 is 0.486 bits per heavy atom. The number of likely N-dealkylation sites (N-methyl/N-ethyl adjacent to an activating group) is 1. The first-order chi connectivity index (χ1) is 35.0. The fourth-order valence-corrected chi connectivity index (χ4v) is 8.66. The second-order valence-corrected chi connectivity index (χ2v) is 22.1. The van der Waals surface area contributed by atoms with Crippen LogP contribution in [-0.2, 0) is 18.4 Å². The third-order valence-electron chi connectivity index (χ3n) is 12.5. The van der Waals surface area contributed by atoms with Crippen LogP contribution in [0.5, 0.6) is 0 Å². The topological polar surface area (TPSA) is 105 Å². The fraction of sp³-hybridized carbons (Fsp3) is 0.698. The van der Waals surface area contributed by atoms with Crippen molar-refractivity contribution in [3.05, 3.63) is 109 Å². The number of rotatable bonds is 52. The van der Waals surface area contributed by atoms with Crippen molar-refractivity contribution < 1.29 is 32.9 Å². The lowest BCUT2D eigenvalue weighted by Crippen LogP contribution is -2.45.